The van der Waals surface area contributed by atoms with Crippen LogP contribution in [0.2, 0.25) is 0 Å². The molecule has 0 aliphatic heterocycles. The molecular weight excluding hydrogens is 380 g/mol. The monoisotopic (exact) mass is 402 g/mol. The predicted octanol–water partition coefficient (Wildman–Crippen LogP) is 3.89. The molecule has 9 heteroatoms. The molecule has 1 amide bonds. The molecule has 0 aliphatic rings. The number of aryl methyl sites for hydroxylation is 1. The number of nitrogens with one attached hydrogen (secondary N) is 2. The van der Waals surface area contributed by atoms with Crippen molar-refractivity contribution in [3.05, 3.63) is 41.7 Å². The van der Waals surface area contributed by atoms with Crippen molar-refractivity contribution in [2.75, 3.05) is 22.9 Å². The van der Waals surface area contributed by atoms with Crippen molar-refractivity contribution in [2.45, 2.75) is 31.5 Å². The highest BCUT2D eigenvalue weighted by atomic mass is 32.2. The van der Waals surface area contributed by atoms with E-state index in [0.29, 0.717) is 12.2 Å². The van der Waals surface area contributed by atoms with E-state index in [1.807, 2.05) is 55.8 Å². The Hall–Kier alpha value is -2.39. The number of thioether (sulfide) groups is 1. The minimum atomic E-state index is -0.0299. The first-order valence-electron chi connectivity index (χ1n) is 8.70. The van der Waals surface area contributed by atoms with Gasteiger partial charge in [0.05, 0.1) is 22.8 Å². The summed E-state index contributed by atoms with van der Waals surface area (Å²) in [7, 11) is 0. The van der Waals surface area contributed by atoms with Crippen molar-refractivity contribution < 1.29 is 4.79 Å². The maximum absolute atomic E-state index is 12.4. The molecule has 142 valence electrons. The summed E-state index contributed by atoms with van der Waals surface area (Å²) in [5.74, 6) is 0.620. The fourth-order valence-corrected chi connectivity index (χ4v) is 4.40. The number of amides is 1. The molecule has 0 unspecified atom stereocenters. The molecule has 0 saturated carbocycles. The van der Waals surface area contributed by atoms with E-state index < -0.39 is 0 Å². The lowest BCUT2D eigenvalue weighted by atomic mass is 10.3. The summed E-state index contributed by atoms with van der Waals surface area (Å²) < 4.78 is 2.71. The van der Waals surface area contributed by atoms with Gasteiger partial charge >= 0.3 is 0 Å². The minimum absolute atomic E-state index is 0.0299. The fraction of sp³-hybridized carbons (Fsp3) is 0.333. The molecular formula is C18H22N6OS2. The van der Waals surface area contributed by atoms with Crippen molar-refractivity contribution in [1.29, 1.82) is 0 Å². The summed E-state index contributed by atoms with van der Waals surface area (Å²) in [4.78, 5) is 12.4. The highest BCUT2D eigenvalue weighted by Crippen LogP contribution is 2.26. The second kappa shape index (κ2) is 9.01. The van der Waals surface area contributed by atoms with Crippen LogP contribution in [-0.2, 0) is 4.79 Å². The Kier molecular flexibility index (Phi) is 6.46. The number of carbonyl (C=O) groups excluding carboxylic acids is 1. The first-order chi connectivity index (χ1) is 13.1. The summed E-state index contributed by atoms with van der Waals surface area (Å²) in [6, 6.07) is 9.89. The number of benzene rings is 1. The maximum Gasteiger partial charge on any atom is 0.225 e. The SMILES string of the molecule is CCNc1nnc(SCCC(=O)Nc2c(C)nn(-c3ccccc3)c2C)s1. The van der Waals surface area contributed by atoms with Gasteiger partial charge in [-0.2, -0.15) is 5.10 Å². The summed E-state index contributed by atoms with van der Waals surface area (Å²) >= 11 is 3.04. The summed E-state index contributed by atoms with van der Waals surface area (Å²) in [6.07, 6.45) is 0.399. The van der Waals surface area contributed by atoms with E-state index in [9.17, 15) is 4.79 Å². The zero-order valence-electron chi connectivity index (χ0n) is 15.5. The van der Waals surface area contributed by atoms with Gasteiger partial charge in [-0.25, -0.2) is 4.68 Å². The minimum Gasteiger partial charge on any atom is -0.360 e. The number of hydrogen-bond donors (Lipinski definition) is 2. The van der Waals surface area contributed by atoms with Crippen molar-refractivity contribution >= 4 is 39.8 Å². The van der Waals surface area contributed by atoms with Crippen LogP contribution in [0.5, 0.6) is 0 Å². The average molecular weight is 403 g/mol. The van der Waals surface area contributed by atoms with E-state index in [1.54, 1.807) is 0 Å². The first kappa shape index (κ1) is 19.4. The molecule has 2 aromatic heterocycles. The molecule has 2 N–H and O–H groups in total. The lowest BCUT2D eigenvalue weighted by molar-refractivity contribution is -0.115. The topological polar surface area (TPSA) is 84.7 Å². The first-order valence-corrected chi connectivity index (χ1v) is 10.5. The van der Waals surface area contributed by atoms with E-state index in [4.69, 9.17) is 0 Å². The zero-order chi connectivity index (χ0) is 19.2. The molecule has 0 atom stereocenters. The van der Waals surface area contributed by atoms with E-state index in [0.717, 1.165) is 38.8 Å². The summed E-state index contributed by atoms with van der Waals surface area (Å²) in [6.45, 7) is 6.70. The highest BCUT2D eigenvalue weighted by Gasteiger charge is 2.15. The molecule has 0 fully saturated rings. The third kappa shape index (κ3) is 4.86. The fourth-order valence-electron chi connectivity index (χ4n) is 2.57. The molecule has 0 saturated heterocycles. The van der Waals surface area contributed by atoms with Crippen LogP contribution >= 0.6 is 23.1 Å². The van der Waals surface area contributed by atoms with Crippen molar-refractivity contribution in [3.63, 3.8) is 0 Å². The number of rotatable bonds is 8. The molecule has 27 heavy (non-hydrogen) atoms. The molecule has 3 aromatic rings. The van der Waals surface area contributed by atoms with Gasteiger partial charge in [-0.3, -0.25) is 4.79 Å². The van der Waals surface area contributed by atoms with Gasteiger partial charge in [0.15, 0.2) is 4.34 Å². The van der Waals surface area contributed by atoms with Crippen molar-refractivity contribution in [3.8, 4) is 5.69 Å². The van der Waals surface area contributed by atoms with Crippen molar-refractivity contribution in [2.24, 2.45) is 0 Å². The standard InChI is InChI=1S/C18H22N6OS2/c1-4-19-17-21-22-18(27-17)26-11-10-15(25)20-16-12(2)23-24(13(16)3)14-8-6-5-7-9-14/h5-9H,4,10-11H2,1-3H3,(H,19,21)(H,20,25). The van der Waals surface area contributed by atoms with Gasteiger partial charge in [0, 0.05) is 18.7 Å². The van der Waals surface area contributed by atoms with Crippen LogP contribution in [0, 0.1) is 13.8 Å². The van der Waals surface area contributed by atoms with E-state index in [-0.39, 0.29) is 5.91 Å². The summed E-state index contributed by atoms with van der Waals surface area (Å²) in [5.41, 5.74) is 3.47. The predicted molar refractivity (Wildman–Crippen MR) is 111 cm³/mol. The smallest absolute Gasteiger partial charge is 0.225 e. The third-order valence-corrected chi connectivity index (χ3v) is 5.86. The van der Waals surface area contributed by atoms with E-state index in [2.05, 4.69) is 25.9 Å². The Morgan fingerprint density at radius 3 is 2.74 bits per heavy atom. The Labute approximate surface area is 166 Å². The summed E-state index contributed by atoms with van der Waals surface area (Å²) in [5, 5.41) is 19.7. The number of para-hydroxylation sites is 1. The molecule has 2 heterocycles. The van der Waals surface area contributed by atoms with Crippen molar-refractivity contribution in [1.82, 2.24) is 20.0 Å². The lowest BCUT2D eigenvalue weighted by Gasteiger charge is -2.07. The van der Waals surface area contributed by atoms with Crippen LogP contribution in [0.15, 0.2) is 34.7 Å². The highest BCUT2D eigenvalue weighted by molar-refractivity contribution is 8.01. The molecule has 1 aromatic carbocycles. The van der Waals surface area contributed by atoms with Crippen LogP contribution < -0.4 is 10.6 Å². The van der Waals surface area contributed by atoms with Gasteiger partial charge in [0.2, 0.25) is 11.0 Å². The second-order valence-electron chi connectivity index (χ2n) is 5.84. The van der Waals surface area contributed by atoms with Gasteiger partial charge in [0.1, 0.15) is 0 Å². The Morgan fingerprint density at radius 2 is 2.00 bits per heavy atom. The molecule has 0 bridgehead atoms. The lowest BCUT2D eigenvalue weighted by Crippen LogP contribution is -2.13. The number of nitrogens with zero attached hydrogens (tertiary/aromatic N) is 4. The Balaban J connectivity index is 1.57. The van der Waals surface area contributed by atoms with Gasteiger partial charge in [-0.15, -0.1) is 10.2 Å². The zero-order valence-corrected chi connectivity index (χ0v) is 17.2. The van der Waals surface area contributed by atoms with Crippen LogP contribution in [0.3, 0.4) is 0 Å². The molecule has 3 rings (SSSR count). The van der Waals surface area contributed by atoms with Gasteiger partial charge < -0.3 is 10.6 Å². The van der Waals surface area contributed by atoms with E-state index in [1.165, 1.54) is 23.1 Å². The molecule has 0 aliphatic carbocycles. The maximum atomic E-state index is 12.4. The number of aromatic nitrogens is 4. The van der Waals surface area contributed by atoms with Gasteiger partial charge in [-0.1, -0.05) is 41.3 Å². The van der Waals surface area contributed by atoms with Gasteiger partial charge in [-0.05, 0) is 32.9 Å². The van der Waals surface area contributed by atoms with Crippen LogP contribution in [0.1, 0.15) is 24.7 Å². The van der Waals surface area contributed by atoms with Crippen LogP contribution in [0.4, 0.5) is 10.8 Å². The Morgan fingerprint density at radius 1 is 1.22 bits per heavy atom. The van der Waals surface area contributed by atoms with Crippen LogP contribution in [-0.4, -0.2) is 38.2 Å². The molecule has 7 nitrogen and oxygen atoms in total. The van der Waals surface area contributed by atoms with Crippen LogP contribution in [0.25, 0.3) is 5.69 Å². The molecule has 0 radical (unpaired) electrons. The number of carbonyl (C=O) groups is 1. The van der Waals surface area contributed by atoms with E-state index >= 15 is 0 Å². The Bertz CT molecular complexity index is 906. The molecule has 0 spiro atoms. The number of hydrogen-bond acceptors (Lipinski definition) is 7. The average Bonchev–Trinajstić information content (AvgIpc) is 3.22. The number of anilines is 2. The van der Waals surface area contributed by atoms with Gasteiger partial charge in [0.25, 0.3) is 0 Å². The second-order valence-corrected chi connectivity index (χ2v) is 8.16. The quantitative estimate of drug-likeness (QED) is 0.556. The largest absolute Gasteiger partial charge is 0.360 e. The normalized spacial score (nSPS) is 10.8. The third-order valence-electron chi connectivity index (χ3n) is 3.85.